The standard InChI is InChI=1S/C21H29N3O2S/c1-4-12-22-19(25)13-27-21-23-17-10-6-5-9-16(17)20(26)24(21)18-11-7-8-14(2)15(18)3/h5-6,9-10,14-15,18H,4,7-8,11-13H2,1-3H3,(H,22,25)/t14-,15-,18-/m0/s1. The minimum absolute atomic E-state index is 0.0131. The van der Waals surface area contributed by atoms with Gasteiger partial charge in [-0.1, -0.05) is 57.5 Å². The Bertz CT molecular complexity index is 864. The van der Waals surface area contributed by atoms with Crippen molar-refractivity contribution in [1.29, 1.82) is 0 Å². The first kappa shape index (κ1) is 19.9. The highest BCUT2D eigenvalue weighted by molar-refractivity contribution is 7.99. The van der Waals surface area contributed by atoms with Crippen LogP contribution in [0.1, 0.15) is 52.5 Å². The molecule has 0 radical (unpaired) electrons. The lowest BCUT2D eigenvalue weighted by atomic mass is 9.78. The maximum atomic E-state index is 13.3. The predicted octanol–water partition coefficient (Wildman–Crippen LogP) is 4.01. The molecule has 1 fully saturated rings. The van der Waals surface area contributed by atoms with Crippen LogP contribution in [0.25, 0.3) is 10.9 Å². The average molecular weight is 388 g/mol. The number of amides is 1. The van der Waals surface area contributed by atoms with Crippen LogP contribution in [0.4, 0.5) is 0 Å². The number of thioether (sulfide) groups is 1. The number of carbonyl (C=O) groups excluding carboxylic acids is 1. The maximum Gasteiger partial charge on any atom is 0.262 e. The summed E-state index contributed by atoms with van der Waals surface area (Å²) >= 11 is 1.37. The van der Waals surface area contributed by atoms with Crippen LogP contribution in [0.2, 0.25) is 0 Å². The van der Waals surface area contributed by atoms with Crippen LogP contribution in [0, 0.1) is 11.8 Å². The molecule has 146 valence electrons. The molecule has 3 rings (SSSR count). The molecule has 27 heavy (non-hydrogen) atoms. The first-order valence-corrected chi connectivity index (χ1v) is 10.9. The molecule has 0 unspecified atom stereocenters. The van der Waals surface area contributed by atoms with E-state index in [2.05, 4.69) is 19.2 Å². The third kappa shape index (κ3) is 4.37. The van der Waals surface area contributed by atoms with Crippen molar-refractivity contribution in [2.45, 2.75) is 57.7 Å². The van der Waals surface area contributed by atoms with Gasteiger partial charge in [0.1, 0.15) is 0 Å². The number of carbonyl (C=O) groups is 1. The van der Waals surface area contributed by atoms with Crippen molar-refractivity contribution < 1.29 is 4.79 Å². The van der Waals surface area contributed by atoms with E-state index in [1.807, 2.05) is 35.8 Å². The first-order valence-electron chi connectivity index (χ1n) is 9.93. The van der Waals surface area contributed by atoms with Gasteiger partial charge in [0.2, 0.25) is 5.91 Å². The zero-order valence-corrected chi connectivity index (χ0v) is 17.2. The van der Waals surface area contributed by atoms with Crippen LogP contribution >= 0.6 is 11.8 Å². The van der Waals surface area contributed by atoms with Crippen LogP contribution in [0.3, 0.4) is 0 Å². The van der Waals surface area contributed by atoms with Gasteiger partial charge in [0.25, 0.3) is 5.56 Å². The largest absolute Gasteiger partial charge is 0.355 e. The molecule has 5 nitrogen and oxygen atoms in total. The number of rotatable bonds is 6. The molecule has 1 aromatic heterocycles. The molecular formula is C21H29N3O2S. The van der Waals surface area contributed by atoms with Crippen LogP contribution < -0.4 is 10.9 Å². The number of aromatic nitrogens is 2. The molecule has 1 N–H and O–H groups in total. The third-order valence-electron chi connectivity index (χ3n) is 5.68. The van der Waals surface area contributed by atoms with Crippen molar-refractivity contribution in [2.24, 2.45) is 11.8 Å². The summed E-state index contributed by atoms with van der Waals surface area (Å²) in [5, 5.41) is 4.21. The van der Waals surface area contributed by atoms with Gasteiger partial charge in [-0.05, 0) is 36.8 Å². The number of nitrogens with one attached hydrogen (secondary N) is 1. The molecule has 6 heteroatoms. The minimum Gasteiger partial charge on any atom is -0.355 e. The molecule has 0 bridgehead atoms. The number of fused-ring (bicyclic) bond motifs is 1. The lowest BCUT2D eigenvalue weighted by Crippen LogP contribution is -2.35. The van der Waals surface area contributed by atoms with Crippen molar-refractivity contribution in [1.82, 2.24) is 14.9 Å². The number of nitrogens with zero attached hydrogens (tertiary/aromatic N) is 2. The molecule has 1 heterocycles. The van der Waals surface area contributed by atoms with E-state index in [0.29, 0.717) is 34.4 Å². The van der Waals surface area contributed by atoms with E-state index in [9.17, 15) is 9.59 Å². The van der Waals surface area contributed by atoms with Gasteiger partial charge in [0.15, 0.2) is 5.16 Å². The van der Waals surface area contributed by atoms with Crippen LogP contribution in [-0.2, 0) is 4.79 Å². The molecule has 3 atom stereocenters. The van der Waals surface area contributed by atoms with Crippen molar-refractivity contribution in [3.05, 3.63) is 34.6 Å². The highest BCUT2D eigenvalue weighted by Crippen LogP contribution is 2.38. The molecule has 0 saturated heterocycles. The summed E-state index contributed by atoms with van der Waals surface area (Å²) in [6, 6.07) is 7.63. The number of hydrogen-bond donors (Lipinski definition) is 1. The minimum atomic E-state index is -0.0131. The van der Waals surface area contributed by atoms with E-state index in [1.54, 1.807) is 0 Å². The highest BCUT2D eigenvalue weighted by atomic mass is 32.2. The second-order valence-corrected chi connectivity index (χ2v) is 8.50. The maximum absolute atomic E-state index is 13.3. The monoisotopic (exact) mass is 387 g/mol. The van der Waals surface area contributed by atoms with Gasteiger partial charge < -0.3 is 5.32 Å². The Morgan fingerprint density at radius 3 is 2.85 bits per heavy atom. The first-order chi connectivity index (χ1) is 13.0. The zero-order chi connectivity index (χ0) is 19.4. The summed E-state index contributed by atoms with van der Waals surface area (Å²) in [6.45, 7) is 7.20. The Hall–Kier alpha value is -1.82. The molecular weight excluding hydrogens is 358 g/mol. The van der Waals surface area contributed by atoms with Crippen LogP contribution in [-0.4, -0.2) is 27.8 Å². The normalized spacial score (nSPS) is 22.7. The lowest BCUT2D eigenvalue weighted by Gasteiger charge is -2.36. The molecule has 1 aromatic carbocycles. The summed E-state index contributed by atoms with van der Waals surface area (Å²) in [7, 11) is 0. The van der Waals surface area contributed by atoms with Gasteiger partial charge in [-0.15, -0.1) is 0 Å². The molecule has 0 aliphatic heterocycles. The van der Waals surface area contributed by atoms with Crippen LogP contribution in [0.15, 0.2) is 34.2 Å². The van der Waals surface area contributed by atoms with Gasteiger partial charge in [-0.3, -0.25) is 14.2 Å². The molecule has 1 amide bonds. The molecule has 1 aliphatic rings. The second-order valence-electron chi connectivity index (χ2n) is 7.56. The smallest absolute Gasteiger partial charge is 0.262 e. The Kier molecular flexibility index (Phi) is 6.58. The predicted molar refractivity (Wildman–Crippen MR) is 111 cm³/mol. The lowest BCUT2D eigenvalue weighted by molar-refractivity contribution is -0.118. The fraction of sp³-hybridized carbons (Fsp3) is 0.571. The fourth-order valence-electron chi connectivity index (χ4n) is 3.88. The van der Waals surface area contributed by atoms with E-state index < -0.39 is 0 Å². The Morgan fingerprint density at radius 1 is 1.30 bits per heavy atom. The number of benzene rings is 1. The Morgan fingerprint density at radius 2 is 2.07 bits per heavy atom. The van der Waals surface area contributed by atoms with Crippen molar-refractivity contribution in [3.63, 3.8) is 0 Å². The quantitative estimate of drug-likeness (QED) is 0.601. The summed E-state index contributed by atoms with van der Waals surface area (Å²) in [5.41, 5.74) is 0.717. The molecule has 0 spiro atoms. The fourth-order valence-corrected chi connectivity index (χ4v) is 4.77. The van der Waals surface area contributed by atoms with Gasteiger partial charge in [0.05, 0.1) is 16.7 Å². The SMILES string of the molecule is CCCNC(=O)CSc1nc2ccccc2c(=O)n1[C@H]1CCC[C@H](C)[C@@H]1C. The Labute approximate surface area is 164 Å². The van der Waals surface area contributed by atoms with E-state index in [0.717, 1.165) is 19.3 Å². The van der Waals surface area contributed by atoms with Crippen molar-refractivity contribution >= 4 is 28.6 Å². The topological polar surface area (TPSA) is 64.0 Å². The summed E-state index contributed by atoms with van der Waals surface area (Å²) < 4.78 is 1.88. The number of hydrogen-bond acceptors (Lipinski definition) is 4. The molecule has 1 aliphatic carbocycles. The average Bonchev–Trinajstić information content (AvgIpc) is 2.67. The zero-order valence-electron chi connectivity index (χ0n) is 16.4. The number of para-hydroxylation sites is 1. The summed E-state index contributed by atoms with van der Waals surface area (Å²) in [5.74, 6) is 1.25. The summed E-state index contributed by atoms with van der Waals surface area (Å²) in [4.78, 5) is 30.2. The van der Waals surface area contributed by atoms with E-state index in [4.69, 9.17) is 4.98 Å². The highest BCUT2D eigenvalue weighted by Gasteiger charge is 2.31. The Balaban J connectivity index is 1.99. The van der Waals surface area contributed by atoms with Crippen LogP contribution in [0.5, 0.6) is 0 Å². The van der Waals surface area contributed by atoms with Gasteiger partial charge >= 0.3 is 0 Å². The van der Waals surface area contributed by atoms with Crippen molar-refractivity contribution in [3.8, 4) is 0 Å². The van der Waals surface area contributed by atoms with E-state index in [-0.39, 0.29) is 23.3 Å². The second kappa shape index (κ2) is 8.91. The van der Waals surface area contributed by atoms with Gasteiger partial charge in [-0.25, -0.2) is 4.98 Å². The molecule has 1 saturated carbocycles. The van der Waals surface area contributed by atoms with E-state index >= 15 is 0 Å². The van der Waals surface area contributed by atoms with Crippen molar-refractivity contribution in [2.75, 3.05) is 12.3 Å². The molecule has 2 aromatic rings. The van der Waals surface area contributed by atoms with Gasteiger partial charge in [0, 0.05) is 12.6 Å². The third-order valence-corrected chi connectivity index (χ3v) is 6.63. The van der Waals surface area contributed by atoms with E-state index in [1.165, 1.54) is 18.2 Å². The summed E-state index contributed by atoms with van der Waals surface area (Å²) in [6.07, 6.45) is 4.22. The van der Waals surface area contributed by atoms with Gasteiger partial charge in [-0.2, -0.15) is 0 Å².